The first-order valence-corrected chi connectivity index (χ1v) is 7.28. The van der Waals surface area contributed by atoms with E-state index in [4.69, 9.17) is 9.84 Å². The highest BCUT2D eigenvalue weighted by Crippen LogP contribution is 2.21. The van der Waals surface area contributed by atoms with Crippen molar-refractivity contribution in [3.63, 3.8) is 0 Å². The summed E-state index contributed by atoms with van der Waals surface area (Å²) in [6.07, 6.45) is 2.43. The average Bonchev–Trinajstić information content (AvgIpc) is 2.81. The fourth-order valence-corrected chi connectivity index (χ4v) is 2.72. The van der Waals surface area contributed by atoms with E-state index in [2.05, 4.69) is 20.9 Å². The SMILES string of the molecule is O=C(O)CCc1ccc(OCc2ncc(Br)s2)cc1. The van der Waals surface area contributed by atoms with Crippen molar-refractivity contribution in [2.75, 3.05) is 0 Å². The van der Waals surface area contributed by atoms with Gasteiger partial charge in [0.05, 0.1) is 9.98 Å². The Morgan fingerprint density at radius 3 is 2.68 bits per heavy atom. The van der Waals surface area contributed by atoms with Gasteiger partial charge in [-0.2, -0.15) is 0 Å². The number of halogens is 1. The molecule has 0 bridgehead atoms. The fourth-order valence-electron chi connectivity index (χ4n) is 1.50. The van der Waals surface area contributed by atoms with E-state index < -0.39 is 5.97 Å². The van der Waals surface area contributed by atoms with Crippen LogP contribution in [0.4, 0.5) is 0 Å². The van der Waals surface area contributed by atoms with E-state index in [1.165, 1.54) is 11.3 Å². The lowest BCUT2D eigenvalue weighted by molar-refractivity contribution is -0.136. The van der Waals surface area contributed by atoms with Gasteiger partial charge < -0.3 is 9.84 Å². The first-order chi connectivity index (χ1) is 9.13. The number of carbonyl (C=O) groups is 1. The van der Waals surface area contributed by atoms with Crippen molar-refractivity contribution in [3.05, 3.63) is 44.8 Å². The van der Waals surface area contributed by atoms with Crippen LogP contribution in [-0.4, -0.2) is 16.1 Å². The van der Waals surface area contributed by atoms with Gasteiger partial charge in [0.1, 0.15) is 17.4 Å². The van der Waals surface area contributed by atoms with Crippen LogP contribution < -0.4 is 4.74 Å². The summed E-state index contributed by atoms with van der Waals surface area (Å²) in [4.78, 5) is 14.6. The van der Waals surface area contributed by atoms with Gasteiger partial charge in [-0.3, -0.25) is 4.79 Å². The fraction of sp³-hybridized carbons (Fsp3) is 0.231. The van der Waals surface area contributed by atoms with Gasteiger partial charge in [0.2, 0.25) is 0 Å². The summed E-state index contributed by atoms with van der Waals surface area (Å²) in [6, 6.07) is 7.46. The Morgan fingerprint density at radius 2 is 2.11 bits per heavy atom. The molecule has 19 heavy (non-hydrogen) atoms. The molecule has 2 aromatic rings. The number of nitrogens with zero attached hydrogens (tertiary/aromatic N) is 1. The van der Waals surface area contributed by atoms with Crippen molar-refractivity contribution in [2.24, 2.45) is 0 Å². The van der Waals surface area contributed by atoms with Crippen LogP contribution in [0.25, 0.3) is 0 Å². The molecular weight excluding hydrogens is 330 g/mol. The van der Waals surface area contributed by atoms with Gasteiger partial charge in [0.15, 0.2) is 0 Å². The van der Waals surface area contributed by atoms with Crippen LogP contribution in [-0.2, 0) is 17.8 Å². The van der Waals surface area contributed by atoms with Gasteiger partial charge >= 0.3 is 5.97 Å². The number of aryl methyl sites for hydroxylation is 1. The summed E-state index contributed by atoms with van der Waals surface area (Å²) in [6.45, 7) is 0.435. The van der Waals surface area contributed by atoms with Crippen LogP contribution in [0.15, 0.2) is 34.2 Å². The number of aliphatic carboxylic acids is 1. The average molecular weight is 342 g/mol. The molecule has 0 fully saturated rings. The predicted molar refractivity (Wildman–Crippen MR) is 76.5 cm³/mol. The Morgan fingerprint density at radius 1 is 1.37 bits per heavy atom. The van der Waals surface area contributed by atoms with Crippen LogP contribution in [0, 0.1) is 0 Å². The van der Waals surface area contributed by atoms with Crippen molar-refractivity contribution >= 4 is 33.2 Å². The summed E-state index contributed by atoms with van der Waals surface area (Å²) in [5, 5.41) is 9.51. The molecule has 0 saturated heterocycles. The van der Waals surface area contributed by atoms with Gasteiger partial charge in [0.25, 0.3) is 0 Å². The highest BCUT2D eigenvalue weighted by atomic mass is 79.9. The smallest absolute Gasteiger partial charge is 0.303 e. The molecule has 0 radical (unpaired) electrons. The molecule has 0 atom stereocenters. The van der Waals surface area contributed by atoms with Crippen LogP contribution in [0.2, 0.25) is 0 Å². The molecule has 0 aliphatic carbocycles. The molecule has 0 unspecified atom stereocenters. The number of hydrogen-bond donors (Lipinski definition) is 1. The maximum absolute atomic E-state index is 10.5. The summed E-state index contributed by atoms with van der Waals surface area (Å²) in [5.74, 6) is -0.0277. The molecule has 1 N–H and O–H groups in total. The number of hydrogen-bond acceptors (Lipinski definition) is 4. The lowest BCUT2D eigenvalue weighted by Crippen LogP contribution is -1.98. The standard InChI is InChI=1S/C13H12BrNO3S/c14-11-7-15-12(19-11)8-18-10-4-1-9(2-5-10)3-6-13(16)17/h1-2,4-5,7H,3,6,8H2,(H,16,17). The third-order valence-corrected chi connectivity index (χ3v) is 3.89. The Hall–Kier alpha value is -1.40. The number of benzene rings is 1. The third-order valence-electron chi connectivity index (χ3n) is 2.44. The monoisotopic (exact) mass is 341 g/mol. The summed E-state index contributed by atoms with van der Waals surface area (Å²) in [7, 11) is 0. The summed E-state index contributed by atoms with van der Waals surface area (Å²) >= 11 is 4.89. The lowest BCUT2D eigenvalue weighted by Gasteiger charge is -2.05. The Kier molecular flexibility index (Phi) is 4.93. The molecule has 0 aliphatic rings. The van der Waals surface area contributed by atoms with E-state index in [1.54, 1.807) is 6.20 Å². The van der Waals surface area contributed by atoms with Crippen LogP contribution in [0.1, 0.15) is 17.0 Å². The Balaban J connectivity index is 1.86. The second-order valence-electron chi connectivity index (χ2n) is 3.88. The molecule has 6 heteroatoms. The van der Waals surface area contributed by atoms with Gasteiger partial charge in [-0.15, -0.1) is 11.3 Å². The minimum atomic E-state index is -0.783. The maximum atomic E-state index is 10.5. The van der Waals surface area contributed by atoms with E-state index in [9.17, 15) is 4.79 Å². The van der Waals surface area contributed by atoms with E-state index in [0.717, 1.165) is 20.1 Å². The highest BCUT2D eigenvalue weighted by molar-refractivity contribution is 9.11. The van der Waals surface area contributed by atoms with Crippen molar-refractivity contribution < 1.29 is 14.6 Å². The van der Waals surface area contributed by atoms with E-state index in [0.29, 0.717) is 13.0 Å². The third kappa shape index (κ3) is 4.65. The van der Waals surface area contributed by atoms with Crippen LogP contribution >= 0.6 is 27.3 Å². The van der Waals surface area contributed by atoms with Crippen molar-refractivity contribution in [1.82, 2.24) is 4.98 Å². The molecule has 0 saturated carbocycles. The second-order valence-corrected chi connectivity index (χ2v) is 6.38. The number of rotatable bonds is 6. The molecule has 0 amide bonds. The molecule has 2 rings (SSSR count). The van der Waals surface area contributed by atoms with Gasteiger partial charge in [-0.05, 0) is 40.0 Å². The summed E-state index contributed by atoms with van der Waals surface area (Å²) in [5.41, 5.74) is 0.992. The highest BCUT2D eigenvalue weighted by Gasteiger charge is 2.02. The first-order valence-electron chi connectivity index (χ1n) is 5.67. The number of carboxylic acids is 1. The number of thiazole rings is 1. The molecule has 1 aromatic heterocycles. The molecule has 4 nitrogen and oxygen atoms in total. The van der Waals surface area contributed by atoms with Crippen LogP contribution in [0.3, 0.4) is 0 Å². The normalized spacial score (nSPS) is 10.4. The predicted octanol–water partition coefficient (Wildman–Crippen LogP) is 3.50. The minimum Gasteiger partial charge on any atom is -0.486 e. The molecule has 0 spiro atoms. The first kappa shape index (κ1) is 14.0. The molecule has 1 aromatic carbocycles. The number of ether oxygens (including phenoxy) is 1. The Bertz CT molecular complexity index is 553. The Labute approximate surface area is 123 Å². The largest absolute Gasteiger partial charge is 0.486 e. The van der Waals surface area contributed by atoms with Crippen LogP contribution in [0.5, 0.6) is 5.75 Å². The molecular formula is C13H12BrNO3S. The lowest BCUT2D eigenvalue weighted by atomic mass is 10.1. The zero-order valence-corrected chi connectivity index (χ0v) is 12.4. The number of carboxylic acid groups (broad SMARTS) is 1. The topological polar surface area (TPSA) is 59.4 Å². The second kappa shape index (κ2) is 6.68. The van der Waals surface area contributed by atoms with Crippen molar-refractivity contribution in [2.45, 2.75) is 19.4 Å². The quantitative estimate of drug-likeness (QED) is 0.873. The molecule has 100 valence electrons. The summed E-state index contributed by atoms with van der Waals surface area (Å²) < 4.78 is 6.58. The van der Waals surface area contributed by atoms with Crippen molar-refractivity contribution in [1.29, 1.82) is 0 Å². The van der Waals surface area contributed by atoms with E-state index in [-0.39, 0.29) is 6.42 Å². The van der Waals surface area contributed by atoms with E-state index in [1.807, 2.05) is 24.3 Å². The molecule has 0 aliphatic heterocycles. The zero-order valence-electron chi connectivity index (χ0n) is 10.0. The van der Waals surface area contributed by atoms with Gasteiger partial charge in [0, 0.05) is 6.42 Å². The van der Waals surface area contributed by atoms with Gasteiger partial charge in [-0.25, -0.2) is 4.98 Å². The molecule has 1 heterocycles. The minimum absolute atomic E-state index is 0.146. The van der Waals surface area contributed by atoms with E-state index >= 15 is 0 Å². The zero-order chi connectivity index (χ0) is 13.7. The number of aromatic nitrogens is 1. The van der Waals surface area contributed by atoms with Gasteiger partial charge in [-0.1, -0.05) is 12.1 Å². The van der Waals surface area contributed by atoms with Crippen molar-refractivity contribution in [3.8, 4) is 5.75 Å². The maximum Gasteiger partial charge on any atom is 0.303 e.